The highest BCUT2D eigenvalue weighted by molar-refractivity contribution is 6.33. The number of carbonyl (C=O) groups excluding carboxylic acids is 1. The molecule has 1 fully saturated rings. The third-order valence-corrected chi connectivity index (χ3v) is 6.54. The largest absolute Gasteiger partial charge is 0.378 e. The van der Waals surface area contributed by atoms with Gasteiger partial charge in [-0.2, -0.15) is 0 Å². The summed E-state index contributed by atoms with van der Waals surface area (Å²) in [5, 5.41) is 1.37. The molecule has 0 spiro atoms. The third kappa shape index (κ3) is 4.62. The molecule has 1 aliphatic rings. The number of nitrogens with zero attached hydrogens (tertiary/aromatic N) is 3. The van der Waals surface area contributed by atoms with Gasteiger partial charge in [0.2, 0.25) is 5.91 Å². The summed E-state index contributed by atoms with van der Waals surface area (Å²) in [6, 6.07) is 19.4. The van der Waals surface area contributed by atoms with Crippen molar-refractivity contribution in [1.29, 1.82) is 0 Å². The number of rotatable bonds is 5. The van der Waals surface area contributed by atoms with E-state index in [4.69, 9.17) is 32.9 Å². The van der Waals surface area contributed by atoms with Crippen LogP contribution < -0.4 is 0 Å². The van der Waals surface area contributed by atoms with E-state index in [2.05, 4.69) is 10.6 Å². The fourth-order valence-electron chi connectivity index (χ4n) is 4.22. The number of hydrogen-bond acceptors (Lipinski definition) is 3. The average molecular weight is 480 g/mol. The van der Waals surface area contributed by atoms with E-state index in [1.165, 1.54) is 0 Å². The summed E-state index contributed by atoms with van der Waals surface area (Å²) in [5.74, 6) is 0.137. The van der Waals surface area contributed by atoms with E-state index >= 15 is 0 Å². The number of imidazole rings is 1. The zero-order chi connectivity index (χ0) is 22.8. The minimum Gasteiger partial charge on any atom is -0.378 e. The van der Waals surface area contributed by atoms with Crippen molar-refractivity contribution in [2.24, 2.45) is 0 Å². The number of morpholine rings is 1. The molecule has 0 unspecified atom stereocenters. The molecule has 1 aliphatic heterocycles. The molecule has 0 aliphatic carbocycles. The molecule has 0 atom stereocenters. The molecule has 4 aromatic rings. The van der Waals surface area contributed by atoms with Crippen molar-refractivity contribution in [3.05, 3.63) is 82.6 Å². The fraction of sp³-hybridized carbons (Fsp3) is 0.231. The number of ether oxygens (including phenoxy) is 1. The summed E-state index contributed by atoms with van der Waals surface area (Å²) >= 11 is 12.6. The normalized spacial score (nSPS) is 14.1. The fourth-order valence-corrected chi connectivity index (χ4v) is 4.59. The lowest BCUT2D eigenvalue weighted by molar-refractivity contribution is -0.135. The first-order chi connectivity index (χ1) is 16.1. The van der Waals surface area contributed by atoms with Crippen LogP contribution in [0.2, 0.25) is 10.0 Å². The number of aryl methyl sites for hydroxylation is 1. The van der Waals surface area contributed by atoms with Gasteiger partial charge in [-0.1, -0.05) is 53.5 Å². The maximum Gasteiger partial charge on any atom is 0.223 e. The SMILES string of the molecule is O=C(CCc1c(-c2ccc(Cl)cc2)nc2ccc(-c3ccccc3Cl)cn12)N1CCOCC1. The van der Waals surface area contributed by atoms with Crippen molar-refractivity contribution in [2.45, 2.75) is 12.8 Å². The van der Waals surface area contributed by atoms with Crippen molar-refractivity contribution in [3.8, 4) is 22.4 Å². The minimum absolute atomic E-state index is 0.137. The van der Waals surface area contributed by atoms with E-state index in [1.54, 1.807) is 0 Å². The maximum atomic E-state index is 12.9. The summed E-state index contributed by atoms with van der Waals surface area (Å²) in [6.45, 7) is 2.48. The molecular formula is C26H23Cl2N3O2. The van der Waals surface area contributed by atoms with E-state index in [0.29, 0.717) is 49.2 Å². The summed E-state index contributed by atoms with van der Waals surface area (Å²) in [6.07, 6.45) is 3.03. The molecule has 0 N–H and O–H groups in total. The van der Waals surface area contributed by atoms with Crippen molar-refractivity contribution in [1.82, 2.24) is 14.3 Å². The Morgan fingerprint density at radius 3 is 2.42 bits per heavy atom. The monoisotopic (exact) mass is 479 g/mol. The van der Waals surface area contributed by atoms with Crippen LogP contribution in [-0.2, 0) is 16.0 Å². The predicted octanol–water partition coefficient (Wildman–Crippen LogP) is 5.77. The smallest absolute Gasteiger partial charge is 0.223 e. The van der Waals surface area contributed by atoms with Crippen molar-refractivity contribution in [3.63, 3.8) is 0 Å². The topological polar surface area (TPSA) is 46.8 Å². The Kier molecular flexibility index (Phi) is 6.36. The first-order valence-electron chi connectivity index (χ1n) is 11.0. The zero-order valence-electron chi connectivity index (χ0n) is 18.0. The van der Waals surface area contributed by atoms with Gasteiger partial charge in [0, 0.05) is 46.9 Å². The molecular weight excluding hydrogens is 457 g/mol. The Bertz CT molecular complexity index is 1290. The van der Waals surface area contributed by atoms with Crippen LogP contribution in [0.1, 0.15) is 12.1 Å². The van der Waals surface area contributed by atoms with Gasteiger partial charge in [0.05, 0.1) is 24.6 Å². The second-order valence-electron chi connectivity index (χ2n) is 8.03. The van der Waals surface area contributed by atoms with Gasteiger partial charge in [-0.15, -0.1) is 0 Å². The molecule has 0 saturated carbocycles. The van der Waals surface area contributed by atoms with Gasteiger partial charge >= 0.3 is 0 Å². The number of hydrogen-bond donors (Lipinski definition) is 0. The van der Waals surface area contributed by atoms with Crippen LogP contribution in [0.15, 0.2) is 66.9 Å². The average Bonchev–Trinajstić information content (AvgIpc) is 3.21. The molecule has 3 heterocycles. The number of amides is 1. The highest BCUT2D eigenvalue weighted by Gasteiger charge is 2.20. The Morgan fingerprint density at radius 1 is 0.939 bits per heavy atom. The van der Waals surface area contributed by atoms with Gasteiger partial charge in [0.25, 0.3) is 0 Å². The van der Waals surface area contributed by atoms with Crippen LogP contribution in [0, 0.1) is 0 Å². The predicted molar refractivity (Wildman–Crippen MR) is 132 cm³/mol. The molecule has 168 valence electrons. The van der Waals surface area contributed by atoms with Crippen LogP contribution in [0.25, 0.3) is 28.0 Å². The summed E-state index contributed by atoms with van der Waals surface area (Å²) in [4.78, 5) is 19.6. The molecule has 7 heteroatoms. The van der Waals surface area contributed by atoms with Crippen LogP contribution >= 0.6 is 23.2 Å². The lowest BCUT2D eigenvalue weighted by Crippen LogP contribution is -2.40. The zero-order valence-corrected chi connectivity index (χ0v) is 19.5. The lowest BCUT2D eigenvalue weighted by Gasteiger charge is -2.26. The van der Waals surface area contributed by atoms with Gasteiger partial charge in [0.1, 0.15) is 5.65 Å². The number of pyridine rings is 1. The van der Waals surface area contributed by atoms with Crippen molar-refractivity contribution in [2.75, 3.05) is 26.3 Å². The number of fused-ring (bicyclic) bond motifs is 1. The first kappa shape index (κ1) is 22.0. The Labute approximate surface area is 202 Å². The highest BCUT2D eigenvalue weighted by atomic mass is 35.5. The molecule has 1 amide bonds. The molecule has 5 rings (SSSR count). The van der Waals surface area contributed by atoms with Crippen LogP contribution in [-0.4, -0.2) is 46.5 Å². The summed E-state index contributed by atoms with van der Waals surface area (Å²) in [7, 11) is 0. The molecule has 0 bridgehead atoms. The van der Waals surface area contributed by atoms with E-state index in [0.717, 1.165) is 33.7 Å². The number of carbonyl (C=O) groups is 1. The summed E-state index contributed by atoms with van der Waals surface area (Å²) < 4.78 is 7.46. The van der Waals surface area contributed by atoms with Gasteiger partial charge in [-0.25, -0.2) is 4.98 Å². The second kappa shape index (κ2) is 9.56. The molecule has 5 nitrogen and oxygen atoms in total. The number of benzene rings is 2. The van der Waals surface area contributed by atoms with Gasteiger partial charge in [-0.3, -0.25) is 4.79 Å². The molecule has 0 radical (unpaired) electrons. The van der Waals surface area contributed by atoms with Gasteiger partial charge in [-0.05, 0) is 42.3 Å². The Morgan fingerprint density at radius 2 is 1.67 bits per heavy atom. The van der Waals surface area contributed by atoms with E-state index in [9.17, 15) is 4.79 Å². The van der Waals surface area contributed by atoms with Crippen molar-refractivity contribution < 1.29 is 9.53 Å². The minimum atomic E-state index is 0.137. The molecule has 2 aromatic heterocycles. The van der Waals surface area contributed by atoms with Gasteiger partial charge < -0.3 is 14.0 Å². The van der Waals surface area contributed by atoms with Crippen molar-refractivity contribution >= 4 is 34.8 Å². The van der Waals surface area contributed by atoms with Crippen LogP contribution in [0.3, 0.4) is 0 Å². The lowest BCUT2D eigenvalue weighted by atomic mass is 10.1. The highest BCUT2D eigenvalue weighted by Crippen LogP contribution is 2.31. The first-order valence-corrected chi connectivity index (χ1v) is 11.7. The molecule has 1 saturated heterocycles. The Balaban J connectivity index is 1.55. The van der Waals surface area contributed by atoms with E-state index in [-0.39, 0.29) is 5.91 Å². The van der Waals surface area contributed by atoms with Crippen LogP contribution in [0.5, 0.6) is 0 Å². The second-order valence-corrected chi connectivity index (χ2v) is 8.88. The number of aromatic nitrogens is 2. The summed E-state index contributed by atoms with van der Waals surface area (Å²) in [5.41, 5.74) is 5.59. The maximum absolute atomic E-state index is 12.9. The Hall–Kier alpha value is -2.86. The van der Waals surface area contributed by atoms with E-state index < -0.39 is 0 Å². The quantitative estimate of drug-likeness (QED) is 0.365. The third-order valence-electron chi connectivity index (χ3n) is 5.96. The number of halogens is 2. The standard InChI is InChI=1S/C26H23Cl2N3O2/c27-20-8-5-18(6-9-20)26-23(10-12-25(32)30-13-15-33-16-14-30)31-17-19(7-11-24(31)29-26)21-3-1-2-4-22(21)28/h1-9,11,17H,10,12-16H2. The van der Waals surface area contributed by atoms with E-state index in [1.807, 2.05) is 65.6 Å². The molecule has 2 aromatic carbocycles. The van der Waals surface area contributed by atoms with Crippen LogP contribution in [0.4, 0.5) is 0 Å². The molecule has 33 heavy (non-hydrogen) atoms. The van der Waals surface area contributed by atoms with Gasteiger partial charge in [0.15, 0.2) is 0 Å².